The van der Waals surface area contributed by atoms with Crippen molar-refractivity contribution in [3.8, 4) is 5.75 Å². The Morgan fingerprint density at radius 1 is 1.38 bits per heavy atom. The predicted molar refractivity (Wildman–Crippen MR) is 97.6 cm³/mol. The molecule has 1 spiro atoms. The first-order valence-electron chi connectivity index (χ1n) is 8.58. The van der Waals surface area contributed by atoms with E-state index < -0.39 is 5.54 Å². The first-order chi connectivity index (χ1) is 12.5. The van der Waals surface area contributed by atoms with Gasteiger partial charge in [-0.2, -0.15) is 0 Å². The summed E-state index contributed by atoms with van der Waals surface area (Å²) in [6.45, 7) is 2.58. The van der Waals surface area contributed by atoms with E-state index in [-0.39, 0.29) is 11.8 Å². The minimum atomic E-state index is -0.447. The van der Waals surface area contributed by atoms with Crippen molar-refractivity contribution in [1.82, 2.24) is 10.4 Å². The number of hydrogen-bond donors (Lipinski definition) is 2. The molecule has 0 atom stereocenters. The molecule has 0 aliphatic carbocycles. The highest BCUT2D eigenvalue weighted by molar-refractivity contribution is 8.04. The molecule has 1 aromatic rings. The molecule has 138 valence electrons. The van der Waals surface area contributed by atoms with E-state index in [1.807, 2.05) is 18.2 Å². The summed E-state index contributed by atoms with van der Waals surface area (Å²) in [5, 5.41) is 4.97. The summed E-state index contributed by atoms with van der Waals surface area (Å²) < 4.78 is 10.8. The van der Waals surface area contributed by atoms with E-state index in [2.05, 4.69) is 10.7 Å². The number of methoxy groups -OCH3 is 1. The second-order valence-corrected chi connectivity index (χ2v) is 7.77. The lowest BCUT2D eigenvalue weighted by Gasteiger charge is -2.49. The molecule has 3 heterocycles. The zero-order chi connectivity index (χ0) is 18.3. The lowest BCUT2D eigenvalue weighted by atomic mass is 9.82. The molecule has 1 saturated heterocycles. The first-order valence-corrected chi connectivity index (χ1v) is 9.40. The quantitative estimate of drug-likeness (QED) is 0.825. The zero-order valence-electron chi connectivity index (χ0n) is 14.8. The number of carbonyl (C=O) groups excluding carboxylic acids is 2. The maximum Gasteiger partial charge on any atom is 0.281 e. The Balaban J connectivity index is 1.72. The Hall–Kier alpha value is -2.19. The van der Waals surface area contributed by atoms with Crippen LogP contribution in [0.1, 0.15) is 26.2 Å². The molecule has 0 bridgehead atoms. The Morgan fingerprint density at radius 3 is 2.85 bits per heavy atom. The summed E-state index contributed by atoms with van der Waals surface area (Å²) in [7, 11) is 1.62. The van der Waals surface area contributed by atoms with Crippen LogP contribution in [0, 0.1) is 0 Å². The average Bonchev–Trinajstić information content (AvgIpc) is 2.64. The Bertz CT molecular complexity index is 802. The number of thioether (sulfide) groups is 1. The Labute approximate surface area is 156 Å². The number of rotatable bonds is 2. The van der Waals surface area contributed by atoms with Crippen molar-refractivity contribution in [1.29, 1.82) is 0 Å². The molecule has 2 N–H and O–H groups in total. The standard InChI is InChI=1S/C18H21N3O4S/c1-11(22)20-21-17(23)16-14(10-18(21)5-7-25-8-6-18)19-13-4-3-12(24-2)9-15(13)26-16/h3-4,9,19H,5-8,10H2,1-2H3,(H,20,22). The molecular weight excluding hydrogens is 354 g/mol. The number of anilines is 1. The van der Waals surface area contributed by atoms with Crippen LogP contribution in [0.4, 0.5) is 5.69 Å². The normalized spacial score (nSPS) is 21.0. The minimum Gasteiger partial charge on any atom is -0.497 e. The fourth-order valence-electron chi connectivity index (χ4n) is 3.71. The van der Waals surface area contributed by atoms with Crippen molar-refractivity contribution >= 4 is 29.3 Å². The van der Waals surface area contributed by atoms with E-state index >= 15 is 0 Å². The number of fused-ring (bicyclic) bond motifs is 1. The number of benzene rings is 1. The molecule has 3 aliphatic heterocycles. The zero-order valence-corrected chi connectivity index (χ0v) is 15.6. The molecule has 8 heteroatoms. The summed E-state index contributed by atoms with van der Waals surface area (Å²) in [4.78, 5) is 26.5. The fourth-order valence-corrected chi connectivity index (χ4v) is 4.76. The van der Waals surface area contributed by atoms with Gasteiger partial charge in [0.2, 0.25) is 5.91 Å². The molecule has 0 aromatic heterocycles. The molecule has 1 fully saturated rings. The average molecular weight is 375 g/mol. The van der Waals surface area contributed by atoms with Crippen molar-refractivity contribution in [2.24, 2.45) is 0 Å². The third kappa shape index (κ3) is 2.83. The largest absolute Gasteiger partial charge is 0.497 e. The number of hydrogen-bond acceptors (Lipinski definition) is 6. The number of ether oxygens (including phenoxy) is 2. The molecule has 26 heavy (non-hydrogen) atoms. The van der Waals surface area contributed by atoms with Crippen LogP contribution in [-0.4, -0.2) is 42.7 Å². The van der Waals surface area contributed by atoms with E-state index in [1.165, 1.54) is 23.7 Å². The maximum atomic E-state index is 13.3. The van der Waals surface area contributed by atoms with Crippen molar-refractivity contribution in [2.75, 3.05) is 25.6 Å². The number of hydrazine groups is 1. The molecule has 3 aliphatic rings. The van der Waals surface area contributed by atoms with Gasteiger partial charge in [-0.05, 0) is 31.0 Å². The fraction of sp³-hybridized carbons (Fsp3) is 0.444. The second-order valence-electron chi connectivity index (χ2n) is 6.72. The molecule has 7 nitrogen and oxygen atoms in total. The maximum absolute atomic E-state index is 13.3. The molecule has 2 amide bonds. The van der Waals surface area contributed by atoms with Gasteiger partial charge in [0.1, 0.15) is 5.75 Å². The number of nitrogens with zero attached hydrogens (tertiary/aromatic N) is 1. The van der Waals surface area contributed by atoms with E-state index in [1.54, 1.807) is 7.11 Å². The lowest BCUT2D eigenvalue weighted by Crippen LogP contribution is -2.64. The van der Waals surface area contributed by atoms with Crippen molar-refractivity contribution < 1.29 is 19.1 Å². The van der Waals surface area contributed by atoms with Crippen molar-refractivity contribution in [2.45, 2.75) is 36.6 Å². The summed E-state index contributed by atoms with van der Waals surface area (Å²) in [6.07, 6.45) is 2.05. The predicted octanol–water partition coefficient (Wildman–Crippen LogP) is 2.26. The van der Waals surface area contributed by atoms with E-state index in [4.69, 9.17) is 9.47 Å². The summed E-state index contributed by atoms with van der Waals surface area (Å²) in [5.41, 5.74) is 4.20. The van der Waals surface area contributed by atoms with Gasteiger partial charge in [-0.15, -0.1) is 0 Å². The number of nitrogens with one attached hydrogen (secondary N) is 2. The van der Waals surface area contributed by atoms with Crippen LogP contribution in [0.25, 0.3) is 0 Å². The van der Waals surface area contributed by atoms with Crippen LogP contribution in [0.5, 0.6) is 5.75 Å². The van der Waals surface area contributed by atoms with E-state index in [0.29, 0.717) is 37.4 Å². The summed E-state index contributed by atoms with van der Waals surface area (Å²) in [5.74, 6) is 0.323. The van der Waals surface area contributed by atoms with Crippen LogP contribution < -0.4 is 15.5 Å². The van der Waals surface area contributed by atoms with Gasteiger partial charge in [-0.3, -0.25) is 15.0 Å². The molecule has 1 aromatic carbocycles. The monoisotopic (exact) mass is 375 g/mol. The molecule has 0 unspecified atom stereocenters. The third-order valence-electron chi connectivity index (χ3n) is 5.03. The van der Waals surface area contributed by atoms with E-state index in [9.17, 15) is 9.59 Å². The molecular formula is C18H21N3O4S. The van der Waals surface area contributed by atoms with Crippen molar-refractivity contribution in [3.05, 3.63) is 28.8 Å². The first kappa shape index (κ1) is 17.2. The van der Waals surface area contributed by atoms with Crippen LogP contribution in [0.15, 0.2) is 33.7 Å². The number of carbonyl (C=O) groups is 2. The SMILES string of the molecule is COc1ccc2c(c1)SC1=C(CC3(CCOCC3)N(NC(C)=O)C1=O)N2. The van der Waals surface area contributed by atoms with Crippen LogP contribution in [0.2, 0.25) is 0 Å². The van der Waals surface area contributed by atoms with Crippen LogP contribution in [-0.2, 0) is 14.3 Å². The van der Waals surface area contributed by atoms with Crippen LogP contribution in [0.3, 0.4) is 0 Å². The van der Waals surface area contributed by atoms with Gasteiger partial charge in [0.15, 0.2) is 0 Å². The summed E-state index contributed by atoms with van der Waals surface area (Å²) in [6, 6.07) is 5.77. The van der Waals surface area contributed by atoms with Gasteiger partial charge in [0, 0.05) is 37.2 Å². The molecule has 4 rings (SSSR count). The lowest BCUT2D eigenvalue weighted by molar-refractivity contribution is -0.152. The topological polar surface area (TPSA) is 79.9 Å². The highest BCUT2D eigenvalue weighted by atomic mass is 32.2. The van der Waals surface area contributed by atoms with Gasteiger partial charge in [0.25, 0.3) is 5.91 Å². The van der Waals surface area contributed by atoms with E-state index in [0.717, 1.165) is 22.0 Å². The third-order valence-corrected chi connectivity index (χ3v) is 6.21. The highest BCUT2D eigenvalue weighted by Crippen LogP contribution is 2.48. The van der Waals surface area contributed by atoms with Gasteiger partial charge in [-0.1, -0.05) is 11.8 Å². The Kier molecular flexibility index (Phi) is 4.32. The minimum absolute atomic E-state index is 0.172. The van der Waals surface area contributed by atoms with Gasteiger partial charge in [0.05, 0.1) is 23.2 Å². The van der Waals surface area contributed by atoms with Gasteiger partial charge >= 0.3 is 0 Å². The van der Waals surface area contributed by atoms with Gasteiger partial charge < -0.3 is 14.8 Å². The Morgan fingerprint density at radius 2 is 2.15 bits per heavy atom. The summed E-state index contributed by atoms with van der Waals surface area (Å²) >= 11 is 1.42. The molecule has 0 radical (unpaired) electrons. The van der Waals surface area contributed by atoms with Crippen molar-refractivity contribution in [3.63, 3.8) is 0 Å². The number of amides is 2. The molecule has 0 saturated carbocycles. The second kappa shape index (κ2) is 6.51. The smallest absolute Gasteiger partial charge is 0.281 e. The van der Waals surface area contributed by atoms with Gasteiger partial charge in [-0.25, -0.2) is 5.01 Å². The van der Waals surface area contributed by atoms with Crippen LogP contribution >= 0.6 is 11.8 Å². The highest BCUT2D eigenvalue weighted by Gasteiger charge is 2.49.